The Bertz CT molecular complexity index is 505. The normalized spacial score (nSPS) is 19.9. The molecule has 1 aliphatic rings. The molecular weight excluding hydrogens is 258 g/mol. The second-order valence-electron chi connectivity index (χ2n) is 4.70. The standard InChI is InChI=1S/C13H17N5O2/c1-2-13(17-15-4-1)14-8-12-10-18(6-7-19-12)9-11-3-5-16-20-11/h1-5,12H,6-10H2,(H,14,17). The zero-order valence-corrected chi connectivity index (χ0v) is 11.1. The minimum absolute atomic E-state index is 0.133. The monoisotopic (exact) mass is 275 g/mol. The summed E-state index contributed by atoms with van der Waals surface area (Å²) >= 11 is 0. The molecule has 1 N–H and O–H groups in total. The first kappa shape index (κ1) is 13.0. The highest BCUT2D eigenvalue weighted by molar-refractivity contribution is 5.31. The van der Waals surface area contributed by atoms with Crippen molar-refractivity contribution in [3.8, 4) is 0 Å². The van der Waals surface area contributed by atoms with E-state index in [1.807, 2.05) is 18.2 Å². The Morgan fingerprint density at radius 1 is 1.35 bits per heavy atom. The number of hydrogen-bond acceptors (Lipinski definition) is 7. The second kappa shape index (κ2) is 6.44. The number of hydrogen-bond donors (Lipinski definition) is 1. The molecule has 2 aromatic rings. The molecule has 106 valence electrons. The fourth-order valence-corrected chi connectivity index (χ4v) is 2.21. The summed E-state index contributed by atoms with van der Waals surface area (Å²) in [6, 6.07) is 5.64. The van der Waals surface area contributed by atoms with E-state index in [1.165, 1.54) is 0 Å². The predicted molar refractivity (Wildman–Crippen MR) is 72.0 cm³/mol. The third kappa shape index (κ3) is 3.52. The summed E-state index contributed by atoms with van der Waals surface area (Å²) in [5.41, 5.74) is 0. The van der Waals surface area contributed by atoms with Gasteiger partial charge in [-0.2, -0.15) is 5.10 Å². The van der Waals surface area contributed by atoms with Crippen LogP contribution in [0.15, 0.2) is 35.1 Å². The van der Waals surface area contributed by atoms with Crippen LogP contribution in [-0.4, -0.2) is 52.6 Å². The van der Waals surface area contributed by atoms with E-state index in [9.17, 15) is 0 Å². The van der Waals surface area contributed by atoms with Crippen LogP contribution in [0.4, 0.5) is 5.82 Å². The van der Waals surface area contributed by atoms with Gasteiger partial charge in [-0.3, -0.25) is 4.90 Å². The number of rotatable bonds is 5. The van der Waals surface area contributed by atoms with Gasteiger partial charge in [0.1, 0.15) is 5.82 Å². The maximum Gasteiger partial charge on any atom is 0.150 e. The van der Waals surface area contributed by atoms with Crippen molar-refractivity contribution in [3.05, 3.63) is 36.4 Å². The minimum Gasteiger partial charge on any atom is -0.374 e. The molecule has 3 rings (SSSR count). The van der Waals surface area contributed by atoms with Crippen molar-refractivity contribution in [2.24, 2.45) is 0 Å². The number of morpholine rings is 1. The highest BCUT2D eigenvalue weighted by Crippen LogP contribution is 2.10. The second-order valence-corrected chi connectivity index (χ2v) is 4.70. The topological polar surface area (TPSA) is 76.3 Å². The van der Waals surface area contributed by atoms with Gasteiger partial charge in [-0.25, -0.2) is 0 Å². The number of ether oxygens (including phenoxy) is 1. The molecule has 1 aliphatic heterocycles. The molecule has 7 nitrogen and oxygen atoms in total. The molecule has 0 aromatic carbocycles. The summed E-state index contributed by atoms with van der Waals surface area (Å²) in [5, 5.41) is 14.8. The molecule has 1 unspecified atom stereocenters. The Morgan fingerprint density at radius 3 is 3.15 bits per heavy atom. The predicted octanol–water partition coefficient (Wildman–Crippen LogP) is 0.777. The summed E-state index contributed by atoms with van der Waals surface area (Å²) in [5.74, 6) is 1.65. The maximum atomic E-state index is 5.75. The Morgan fingerprint density at radius 2 is 2.35 bits per heavy atom. The molecule has 0 saturated carbocycles. The van der Waals surface area contributed by atoms with Crippen molar-refractivity contribution in [2.75, 3.05) is 31.6 Å². The first-order chi connectivity index (χ1) is 9.90. The molecule has 1 saturated heterocycles. The SMILES string of the molecule is c1cnnc(NCC2CN(Cc3ccno3)CCO2)c1. The highest BCUT2D eigenvalue weighted by Gasteiger charge is 2.21. The van der Waals surface area contributed by atoms with Gasteiger partial charge in [0.25, 0.3) is 0 Å². The van der Waals surface area contributed by atoms with Crippen molar-refractivity contribution in [3.63, 3.8) is 0 Å². The van der Waals surface area contributed by atoms with Gasteiger partial charge in [-0.1, -0.05) is 5.16 Å². The summed E-state index contributed by atoms with van der Waals surface area (Å²) in [4.78, 5) is 2.30. The van der Waals surface area contributed by atoms with Gasteiger partial charge in [0.15, 0.2) is 5.76 Å². The molecule has 20 heavy (non-hydrogen) atoms. The van der Waals surface area contributed by atoms with Crippen LogP contribution in [-0.2, 0) is 11.3 Å². The van der Waals surface area contributed by atoms with E-state index >= 15 is 0 Å². The molecule has 0 aliphatic carbocycles. The fraction of sp³-hybridized carbons (Fsp3) is 0.462. The number of nitrogens with zero attached hydrogens (tertiary/aromatic N) is 4. The molecule has 2 aromatic heterocycles. The first-order valence-electron chi connectivity index (χ1n) is 6.65. The van der Waals surface area contributed by atoms with Crippen molar-refractivity contribution in [2.45, 2.75) is 12.6 Å². The van der Waals surface area contributed by atoms with E-state index in [4.69, 9.17) is 9.26 Å². The molecule has 1 atom stereocenters. The van der Waals surface area contributed by atoms with Gasteiger partial charge >= 0.3 is 0 Å². The van der Waals surface area contributed by atoms with Gasteiger partial charge in [0.2, 0.25) is 0 Å². The quantitative estimate of drug-likeness (QED) is 0.864. The molecule has 0 bridgehead atoms. The van der Waals surface area contributed by atoms with E-state index in [1.54, 1.807) is 12.4 Å². The van der Waals surface area contributed by atoms with Crippen molar-refractivity contribution in [1.82, 2.24) is 20.3 Å². The molecule has 7 heteroatoms. The van der Waals surface area contributed by atoms with Gasteiger partial charge in [0, 0.05) is 31.9 Å². The zero-order chi connectivity index (χ0) is 13.6. The Kier molecular flexibility index (Phi) is 4.19. The lowest BCUT2D eigenvalue weighted by atomic mass is 10.2. The van der Waals surface area contributed by atoms with E-state index in [0.29, 0.717) is 6.54 Å². The lowest BCUT2D eigenvalue weighted by Crippen LogP contribution is -2.44. The Labute approximate surface area is 116 Å². The molecule has 0 spiro atoms. The van der Waals surface area contributed by atoms with Crippen LogP contribution in [0.3, 0.4) is 0 Å². The molecule has 1 fully saturated rings. The largest absolute Gasteiger partial charge is 0.374 e. The van der Waals surface area contributed by atoms with Gasteiger partial charge in [-0.05, 0) is 12.1 Å². The van der Waals surface area contributed by atoms with E-state index in [2.05, 4.69) is 25.6 Å². The van der Waals surface area contributed by atoms with Crippen LogP contribution in [0.2, 0.25) is 0 Å². The van der Waals surface area contributed by atoms with E-state index in [0.717, 1.165) is 37.8 Å². The smallest absolute Gasteiger partial charge is 0.150 e. The van der Waals surface area contributed by atoms with Crippen LogP contribution in [0.25, 0.3) is 0 Å². The van der Waals surface area contributed by atoms with Crippen LogP contribution in [0, 0.1) is 0 Å². The van der Waals surface area contributed by atoms with Crippen molar-refractivity contribution >= 4 is 5.82 Å². The molecule has 0 radical (unpaired) electrons. The zero-order valence-electron chi connectivity index (χ0n) is 11.1. The highest BCUT2D eigenvalue weighted by atomic mass is 16.5. The average molecular weight is 275 g/mol. The third-order valence-corrected chi connectivity index (χ3v) is 3.18. The van der Waals surface area contributed by atoms with Gasteiger partial charge < -0.3 is 14.6 Å². The first-order valence-corrected chi connectivity index (χ1v) is 6.65. The Balaban J connectivity index is 1.48. The van der Waals surface area contributed by atoms with Gasteiger partial charge in [0.05, 0.1) is 25.5 Å². The van der Waals surface area contributed by atoms with Gasteiger partial charge in [-0.15, -0.1) is 5.10 Å². The summed E-state index contributed by atoms with van der Waals surface area (Å²) in [6.45, 7) is 3.97. The lowest BCUT2D eigenvalue weighted by molar-refractivity contribution is -0.0263. The number of nitrogens with one attached hydrogen (secondary N) is 1. The molecule has 0 amide bonds. The summed E-state index contributed by atoms with van der Waals surface area (Å²) < 4.78 is 10.9. The van der Waals surface area contributed by atoms with Crippen LogP contribution in [0.1, 0.15) is 5.76 Å². The van der Waals surface area contributed by atoms with Crippen LogP contribution in [0.5, 0.6) is 0 Å². The molecule has 3 heterocycles. The Hall–Kier alpha value is -1.99. The number of anilines is 1. The fourth-order valence-electron chi connectivity index (χ4n) is 2.21. The van der Waals surface area contributed by atoms with Crippen molar-refractivity contribution in [1.29, 1.82) is 0 Å². The molecular formula is C13H17N5O2. The lowest BCUT2D eigenvalue weighted by Gasteiger charge is -2.32. The third-order valence-electron chi connectivity index (χ3n) is 3.18. The van der Waals surface area contributed by atoms with Crippen LogP contribution >= 0.6 is 0 Å². The average Bonchev–Trinajstić information content (AvgIpc) is 3.00. The summed E-state index contributed by atoms with van der Waals surface area (Å²) in [6.07, 6.45) is 3.46. The van der Waals surface area contributed by atoms with Crippen molar-refractivity contribution < 1.29 is 9.26 Å². The summed E-state index contributed by atoms with van der Waals surface area (Å²) in [7, 11) is 0. The maximum absolute atomic E-state index is 5.75. The minimum atomic E-state index is 0.133. The van der Waals surface area contributed by atoms with E-state index in [-0.39, 0.29) is 6.10 Å². The number of aromatic nitrogens is 3. The van der Waals surface area contributed by atoms with Crippen LogP contribution < -0.4 is 5.32 Å². The van der Waals surface area contributed by atoms with E-state index < -0.39 is 0 Å².